The highest BCUT2D eigenvalue weighted by Gasteiger charge is 2.77. The molecule has 1 aromatic heterocycles. The summed E-state index contributed by atoms with van der Waals surface area (Å²) in [5.74, 6) is -2.81. The molecule has 5 nitrogen and oxygen atoms in total. The smallest absolute Gasteiger partial charge is 0.310 e. The first-order valence-electron chi connectivity index (χ1n) is 7.77. The third kappa shape index (κ3) is 1.66. The van der Waals surface area contributed by atoms with Crippen LogP contribution in [0.4, 0.5) is 4.39 Å². The molecular weight excluding hydrogens is 379 g/mol. The fraction of sp³-hybridized carbons (Fsp3) is 0.471. The van der Waals surface area contributed by atoms with Gasteiger partial charge in [0.2, 0.25) is 5.91 Å². The number of hydrogen-bond donors (Lipinski definition) is 1. The van der Waals surface area contributed by atoms with Crippen molar-refractivity contribution in [1.29, 1.82) is 0 Å². The summed E-state index contributed by atoms with van der Waals surface area (Å²) in [7, 11) is 1.30. The van der Waals surface area contributed by atoms with E-state index in [-0.39, 0.29) is 21.9 Å². The first-order valence-corrected chi connectivity index (χ1v) is 8.56. The Kier molecular flexibility index (Phi) is 3.20. The molecule has 24 heavy (non-hydrogen) atoms. The van der Waals surface area contributed by atoms with E-state index in [2.05, 4.69) is 20.9 Å². The Morgan fingerprint density at radius 1 is 1.42 bits per heavy atom. The summed E-state index contributed by atoms with van der Waals surface area (Å²) in [6.07, 6.45) is 7.22. The second kappa shape index (κ2) is 4.88. The molecule has 126 valence electrons. The van der Waals surface area contributed by atoms with Gasteiger partial charge in [-0.25, -0.2) is 9.37 Å². The first kappa shape index (κ1) is 15.7. The summed E-state index contributed by atoms with van der Waals surface area (Å²) in [5.41, 5.74) is 4.71. The third-order valence-corrected chi connectivity index (χ3v) is 6.68. The molecule has 1 spiro atoms. The van der Waals surface area contributed by atoms with E-state index >= 15 is 0 Å². The summed E-state index contributed by atoms with van der Waals surface area (Å²) in [4.78, 5) is 29.2. The predicted octanol–water partition coefficient (Wildman–Crippen LogP) is 2.09. The lowest BCUT2D eigenvalue weighted by Crippen LogP contribution is -2.53. The molecule has 4 atom stereocenters. The number of halogens is 2. The van der Waals surface area contributed by atoms with Gasteiger partial charge in [0.1, 0.15) is 4.60 Å². The van der Waals surface area contributed by atoms with Crippen LogP contribution in [0.1, 0.15) is 18.4 Å². The lowest BCUT2D eigenvalue weighted by Gasteiger charge is -2.38. The van der Waals surface area contributed by atoms with Crippen LogP contribution in [0.5, 0.6) is 0 Å². The Bertz CT molecular complexity index is 792. The van der Waals surface area contributed by atoms with Crippen molar-refractivity contribution in [2.24, 2.45) is 28.9 Å². The van der Waals surface area contributed by atoms with E-state index in [0.717, 1.165) is 12.8 Å². The number of amides is 1. The van der Waals surface area contributed by atoms with Gasteiger partial charge in [-0.3, -0.25) is 9.59 Å². The Morgan fingerprint density at radius 3 is 2.67 bits per heavy atom. The lowest BCUT2D eigenvalue weighted by atomic mass is 9.63. The zero-order valence-electron chi connectivity index (χ0n) is 13.0. The molecule has 3 aliphatic rings. The van der Waals surface area contributed by atoms with Crippen LogP contribution in [-0.4, -0.2) is 24.0 Å². The predicted molar refractivity (Wildman–Crippen MR) is 86.1 cm³/mol. The molecule has 0 unspecified atom stereocenters. The Labute approximate surface area is 146 Å². The quantitative estimate of drug-likeness (QED) is 0.483. The summed E-state index contributed by atoms with van der Waals surface area (Å²) < 4.78 is 19.2. The zero-order chi connectivity index (χ0) is 17.3. The molecule has 1 amide bonds. The van der Waals surface area contributed by atoms with Crippen molar-refractivity contribution in [3.8, 4) is 0 Å². The Hall–Kier alpha value is -1.76. The molecule has 2 N–H and O–H groups in total. The second-order valence-corrected chi connectivity index (χ2v) is 7.60. The number of nitrogens with zero attached hydrogens (tertiary/aromatic N) is 1. The number of aromatic nitrogens is 1. The van der Waals surface area contributed by atoms with E-state index < -0.39 is 29.0 Å². The van der Waals surface area contributed by atoms with Gasteiger partial charge in [-0.1, -0.05) is 12.2 Å². The normalized spacial score (nSPS) is 34.5. The maximum Gasteiger partial charge on any atom is 0.310 e. The average molecular weight is 395 g/mol. The van der Waals surface area contributed by atoms with Crippen LogP contribution in [0.3, 0.4) is 0 Å². The van der Waals surface area contributed by atoms with Crippen molar-refractivity contribution in [1.82, 2.24) is 4.98 Å². The Balaban J connectivity index is 1.98. The maximum atomic E-state index is 14.1. The minimum atomic E-state index is -1.32. The summed E-state index contributed by atoms with van der Waals surface area (Å²) in [6, 6.07) is 1.25. The fourth-order valence-corrected chi connectivity index (χ4v) is 5.27. The molecule has 0 aromatic carbocycles. The number of esters is 1. The number of primary amides is 1. The molecule has 0 radical (unpaired) electrons. The third-order valence-electron chi connectivity index (χ3n) is 6.10. The van der Waals surface area contributed by atoms with Crippen LogP contribution in [0.2, 0.25) is 0 Å². The highest BCUT2D eigenvalue weighted by atomic mass is 79.9. The zero-order valence-corrected chi connectivity index (χ0v) is 14.5. The van der Waals surface area contributed by atoms with E-state index in [1.807, 2.05) is 12.2 Å². The van der Waals surface area contributed by atoms with Crippen molar-refractivity contribution >= 4 is 27.8 Å². The SMILES string of the molecule is COC(=O)[C@@H]1[C@H]2C=C[C@@H](C23CC3)[C@]1(C(N)=O)c1cnc(Br)c(F)c1. The standard InChI is InChI=1S/C17H16BrFN2O3/c1-24-14(22)12-9-2-3-11(16(9)4-5-16)17(12,15(20)23)8-6-10(19)13(18)21-7-8/h2-3,6-7,9,11-12H,4-5H2,1H3,(H2,20,23)/t9-,11+,12+,17-/m1/s1. The molecule has 2 saturated carbocycles. The first-order chi connectivity index (χ1) is 11.4. The number of hydrogen-bond acceptors (Lipinski definition) is 4. The highest BCUT2D eigenvalue weighted by molar-refractivity contribution is 9.10. The van der Waals surface area contributed by atoms with Crippen molar-refractivity contribution in [3.05, 3.63) is 40.4 Å². The molecule has 1 heterocycles. The number of carbonyl (C=O) groups excluding carboxylic acids is 2. The number of allylic oxidation sites excluding steroid dienone is 2. The molecule has 0 saturated heterocycles. The van der Waals surface area contributed by atoms with Gasteiger partial charge in [0, 0.05) is 12.1 Å². The number of rotatable bonds is 3. The number of carbonyl (C=O) groups is 2. The molecule has 2 fully saturated rings. The molecule has 4 rings (SSSR count). The molecule has 3 aliphatic carbocycles. The van der Waals surface area contributed by atoms with Gasteiger partial charge in [-0.05, 0) is 51.7 Å². The van der Waals surface area contributed by atoms with Gasteiger partial charge in [0.25, 0.3) is 0 Å². The minimum Gasteiger partial charge on any atom is -0.469 e. The lowest BCUT2D eigenvalue weighted by molar-refractivity contribution is -0.152. The highest BCUT2D eigenvalue weighted by Crippen LogP contribution is 2.76. The second-order valence-electron chi connectivity index (χ2n) is 6.85. The van der Waals surface area contributed by atoms with Crippen molar-refractivity contribution in [2.75, 3.05) is 7.11 Å². The largest absolute Gasteiger partial charge is 0.469 e. The topological polar surface area (TPSA) is 82.3 Å². The van der Waals surface area contributed by atoms with E-state index in [9.17, 15) is 14.0 Å². The number of nitrogens with two attached hydrogens (primary N) is 1. The van der Waals surface area contributed by atoms with Crippen LogP contribution >= 0.6 is 15.9 Å². The molecular formula is C17H16BrFN2O3. The van der Waals surface area contributed by atoms with Gasteiger partial charge in [0.05, 0.1) is 18.4 Å². The molecule has 0 aliphatic heterocycles. The summed E-state index contributed by atoms with van der Waals surface area (Å²) in [5, 5.41) is 0. The van der Waals surface area contributed by atoms with Crippen molar-refractivity contribution in [3.63, 3.8) is 0 Å². The van der Waals surface area contributed by atoms with E-state index in [1.165, 1.54) is 19.4 Å². The van der Waals surface area contributed by atoms with Gasteiger partial charge in [-0.2, -0.15) is 0 Å². The van der Waals surface area contributed by atoms with Crippen molar-refractivity contribution < 1.29 is 18.7 Å². The Morgan fingerprint density at radius 2 is 2.12 bits per heavy atom. The van der Waals surface area contributed by atoms with E-state index in [0.29, 0.717) is 5.56 Å². The summed E-state index contributed by atoms with van der Waals surface area (Å²) in [6.45, 7) is 0. The van der Waals surface area contributed by atoms with Gasteiger partial charge >= 0.3 is 5.97 Å². The summed E-state index contributed by atoms with van der Waals surface area (Å²) >= 11 is 3.02. The van der Waals surface area contributed by atoms with Crippen LogP contribution in [0.25, 0.3) is 0 Å². The van der Waals surface area contributed by atoms with Gasteiger partial charge < -0.3 is 10.5 Å². The maximum absolute atomic E-state index is 14.1. The van der Waals surface area contributed by atoms with Crippen LogP contribution in [-0.2, 0) is 19.7 Å². The molecule has 1 aromatic rings. The number of pyridine rings is 1. The average Bonchev–Trinajstić information content (AvgIpc) is 3.22. The van der Waals surface area contributed by atoms with Gasteiger partial charge in [-0.15, -0.1) is 0 Å². The number of ether oxygens (including phenoxy) is 1. The van der Waals surface area contributed by atoms with E-state index in [4.69, 9.17) is 10.5 Å². The van der Waals surface area contributed by atoms with E-state index in [1.54, 1.807) is 0 Å². The van der Waals surface area contributed by atoms with Crippen LogP contribution < -0.4 is 5.73 Å². The minimum absolute atomic E-state index is 0.0559. The van der Waals surface area contributed by atoms with Crippen molar-refractivity contribution in [2.45, 2.75) is 18.3 Å². The van der Waals surface area contributed by atoms with Crippen LogP contribution in [0, 0.1) is 29.0 Å². The monoisotopic (exact) mass is 394 g/mol. The molecule has 2 bridgehead atoms. The molecule has 7 heteroatoms. The van der Waals surface area contributed by atoms with Gasteiger partial charge in [0.15, 0.2) is 5.82 Å². The van der Waals surface area contributed by atoms with Crippen LogP contribution in [0.15, 0.2) is 29.0 Å². The number of methoxy groups -OCH3 is 1. The fourth-order valence-electron chi connectivity index (χ4n) is 5.05.